The van der Waals surface area contributed by atoms with Crippen LogP contribution in [0.3, 0.4) is 0 Å². The van der Waals surface area contributed by atoms with Crippen molar-refractivity contribution in [3.8, 4) is 6.07 Å². The SMILES string of the molecule is CC1CCc2nc3ccccc3c(C(=O)OCC(=O)Nc3sc4c(c3C#N)CCC(C(C)(C)C)C4)c2C1. The first-order chi connectivity index (χ1) is 17.7. The number of aromatic nitrogens is 1. The molecule has 2 aliphatic rings. The first-order valence-corrected chi connectivity index (χ1v) is 13.9. The molecule has 1 aromatic carbocycles. The van der Waals surface area contributed by atoms with E-state index in [2.05, 4.69) is 39.1 Å². The summed E-state index contributed by atoms with van der Waals surface area (Å²) in [6, 6.07) is 9.88. The van der Waals surface area contributed by atoms with E-state index in [9.17, 15) is 14.9 Å². The molecule has 0 spiro atoms. The molecule has 1 amide bonds. The van der Waals surface area contributed by atoms with E-state index >= 15 is 0 Å². The van der Waals surface area contributed by atoms with E-state index in [4.69, 9.17) is 9.72 Å². The number of esters is 1. The first kappa shape index (κ1) is 25.4. The maximum absolute atomic E-state index is 13.3. The predicted molar refractivity (Wildman–Crippen MR) is 146 cm³/mol. The number of ether oxygens (including phenoxy) is 1. The zero-order valence-electron chi connectivity index (χ0n) is 21.9. The lowest BCUT2D eigenvalue weighted by Gasteiger charge is -2.33. The second-order valence-electron chi connectivity index (χ2n) is 11.5. The number of hydrogen-bond acceptors (Lipinski definition) is 6. The summed E-state index contributed by atoms with van der Waals surface area (Å²) in [4.78, 5) is 32.2. The van der Waals surface area contributed by atoms with Crippen LogP contribution in [0, 0.1) is 28.6 Å². The summed E-state index contributed by atoms with van der Waals surface area (Å²) in [7, 11) is 0. The number of benzene rings is 1. The van der Waals surface area contributed by atoms with E-state index in [-0.39, 0.29) is 5.41 Å². The van der Waals surface area contributed by atoms with Crippen LogP contribution in [-0.2, 0) is 35.2 Å². The van der Waals surface area contributed by atoms with Crippen molar-refractivity contribution in [2.45, 2.75) is 66.2 Å². The Labute approximate surface area is 222 Å². The highest BCUT2D eigenvalue weighted by molar-refractivity contribution is 7.16. The summed E-state index contributed by atoms with van der Waals surface area (Å²) in [5.74, 6) is 0.0607. The van der Waals surface area contributed by atoms with Gasteiger partial charge in [-0.15, -0.1) is 11.3 Å². The maximum Gasteiger partial charge on any atom is 0.339 e. The number of anilines is 1. The van der Waals surface area contributed by atoms with Crippen LogP contribution in [0.25, 0.3) is 10.9 Å². The van der Waals surface area contributed by atoms with Crippen LogP contribution in [-0.4, -0.2) is 23.5 Å². The van der Waals surface area contributed by atoms with Crippen LogP contribution in [0.1, 0.15) is 78.2 Å². The highest BCUT2D eigenvalue weighted by Gasteiger charge is 2.32. The summed E-state index contributed by atoms with van der Waals surface area (Å²) in [5, 5.41) is 14.0. The molecule has 37 heavy (non-hydrogen) atoms. The Morgan fingerprint density at radius 3 is 2.70 bits per heavy atom. The maximum atomic E-state index is 13.3. The first-order valence-electron chi connectivity index (χ1n) is 13.1. The summed E-state index contributed by atoms with van der Waals surface area (Å²) in [5.41, 5.74) is 4.99. The minimum atomic E-state index is -0.502. The Hall–Kier alpha value is -3.24. The van der Waals surface area contributed by atoms with Gasteiger partial charge in [0, 0.05) is 16.0 Å². The quantitative estimate of drug-likeness (QED) is 0.415. The largest absolute Gasteiger partial charge is 0.452 e. The molecule has 6 nitrogen and oxygen atoms in total. The summed E-state index contributed by atoms with van der Waals surface area (Å²) in [6.07, 6.45) is 5.44. The number of nitrogens with one attached hydrogen (secondary N) is 1. The smallest absolute Gasteiger partial charge is 0.339 e. The van der Waals surface area contributed by atoms with Gasteiger partial charge in [-0.25, -0.2) is 4.79 Å². The number of nitrogens with zero attached hydrogens (tertiary/aromatic N) is 2. The molecule has 1 N–H and O–H groups in total. The molecule has 0 fully saturated rings. The number of para-hydroxylation sites is 1. The fourth-order valence-corrected chi connectivity index (χ4v) is 6.99. The third-order valence-electron chi connectivity index (χ3n) is 7.90. The van der Waals surface area contributed by atoms with Gasteiger partial charge in [-0.2, -0.15) is 5.26 Å². The van der Waals surface area contributed by atoms with E-state index in [1.807, 2.05) is 24.3 Å². The van der Waals surface area contributed by atoms with E-state index in [0.29, 0.717) is 28.0 Å². The number of pyridine rings is 1. The monoisotopic (exact) mass is 515 g/mol. The third-order valence-corrected chi connectivity index (χ3v) is 9.07. The minimum absolute atomic E-state index is 0.195. The number of rotatable bonds is 4. The molecule has 5 rings (SSSR count). The molecule has 3 aromatic rings. The second kappa shape index (κ2) is 9.90. The van der Waals surface area contributed by atoms with Gasteiger partial charge < -0.3 is 10.1 Å². The zero-order valence-corrected chi connectivity index (χ0v) is 22.8. The van der Waals surface area contributed by atoms with Gasteiger partial charge in [0.1, 0.15) is 11.1 Å². The van der Waals surface area contributed by atoms with Crippen molar-refractivity contribution in [2.24, 2.45) is 17.3 Å². The van der Waals surface area contributed by atoms with Crippen molar-refractivity contribution in [1.82, 2.24) is 4.98 Å². The molecule has 0 bridgehead atoms. The number of aryl methyl sites for hydroxylation is 1. The minimum Gasteiger partial charge on any atom is -0.452 e. The van der Waals surface area contributed by atoms with Crippen LogP contribution in [0.15, 0.2) is 24.3 Å². The van der Waals surface area contributed by atoms with E-state index in [1.165, 1.54) is 16.2 Å². The van der Waals surface area contributed by atoms with Crippen LogP contribution in [0.2, 0.25) is 0 Å². The summed E-state index contributed by atoms with van der Waals surface area (Å²) in [6.45, 7) is 8.53. The number of hydrogen-bond donors (Lipinski definition) is 1. The van der Waals surface area contributed by atoms with Crippen molar-refractivity contribution in [2.75, 3.05) is 11.9 Å². The van der Waals surface area contributed by atoms with Crippen LogP contribution in [0.4, 0.5) is 5.00 Å². The standard InChI is InChI=1S/C30H33N3O3S/c1-17-9-12-24-21(13-17)27(20-7-5-6-8-23(20)32-24)29(35)36-16-26(34)33-28-22(15-31)19-11-10-18(30(2,3)4)14-25(19)37-28/h5-8,17-18H,9-14,16H2,1-4H3,(H,33,34). The number of carbonyl (C=O) groups excluding carboxylic acids is 2. The Morgan fingerprint density at radius 1 is 1.16 bits per heavy atom. The number of thiophene rings is 1. The van der Waals surface area contributed by atoms with Gasteiger partial charge in [-0.05, 0) is 73.0 Å². The molecule has 0 saturated heterocycles. The highest BCUT2D eigenvalue weighted by atomic mass is 32.1. The molecule has 2 unspecified atom stereocenters. The number of nitriles is 1. The Balaban J connectivity index is 1.33. The number of amides is 1. The molecule has 192 valence electrons. The van der Waals surface area contributed by atoms with Crippen molar-refractivity contribution in [3.63, 3.8) is 0 Å². The van der Waals surface area contributed by atoms with Gasteiger partial charge in [-0.3, -0.25) is 9.78 Å². The van der Waals surface area contributed by atoms with Crippen molar-refractivity contribution in [3.05, 3.63) is 57.1 Å². The van der Waals surface area contributed by atoms with Crippen LogP contribution in [0.5, 0.6) is 0 Å². The van der Waals surface area contributed by atoms with E-state index < -0.39 is 18.5 Å². The molecule has 0 aliphatic heterocycles. The number of fused-ring (bicyclic) bond motifs is 3. The molecule has 2 aromatic heterocycles. The normalized spacial score (nSPS) is 19.0. The highest BCUT2D eigenvalue weighted by Crippen LogP contribution is 2.44. The van der Waals surface area contributed by atoms with Gasteiger partial charge in [0.2, 0.25) is 0 Å². The fourth-order valence-electron chi connectivity index (χ4n) is 5.69. The van der Waals surface area contributed by atoms with Crippen LogP contribution >= 0.6 is 11.3 Å². The Bertz CT molecular complexity index is 1430. The number of carbonyl (C=O) groups is 2. The van der Waals surface area contributed by atoms with Gasteiger partial charge in [0.15, 0.2) is 6.61 Å². The van der Waals surface area contributed by atoms with Gasteiger partial charge in [0.05, 0.1) is 16.6 Å². The third kappa shape index (κ3) is 5.00. The average Bonchev–Trinajstić information content (AvgIpc) is 3.21. The second-order valence-corrected chi connectivity index (χ2v) is 12.6. The van der Waals surface area contributed by atoms with Gasteiger partial charge in [-0.1, -0.05) is 45.9 Å². The molecular formula is C30H33N3O3S. The molecule has 2 atom stereocenters. The lowest BCUT2D eigenvalue weighted by atomic mass is 9.72. The fraction of sp³-hybridized carbons (Fsp3) is 0.467. The van der Waals surface area contributed by atoms with Crippen molar-refractivity contribution >= 4 is 39.1 Å². The Morgan fingerprint density at radius 2 is 1.95 bits per heavy atom. The van der Waals surface area contributed by atoms with Crippen molar-refractivity contribution in [1.29, 1.82) is 5.26 Å². The van der Waals surface area contributed by atoms with E-state index in [0.717, 1.165) is 66.2 Å². The van der Waals surface area contributed by atoms with Gasteiger partial charge >= 0.3 is 5.97 Å². The molecule has 0 radical (unpaired) electrons. The van der Waals surface area contributed by atoms with Crippen molar-refractivity contribution < 1.29 is 14.3 Å². The molecule has 0 saturated carbocycles. The van der Waals surface area contributed by atoms with Crippen LogP contribution < -0.4 is 5.32 Å². The van der Waals surface area contributed by atoms with Gasteiger partial charge in [0.25, 0.3) is 5.91 Å². The molecule has 2 aliphatic carbocycles. The zero-order chi connectivity index (χ0) is 26.3. The predicted octanol–water partition coefficient (Wildman–Crippen LogP) is 6.24. The molecule has 2 heterocycles. The molecule has 7 heteroatoms. The summed E-state index contributed by atoms with van der Waals surface area (Å²) >= 11 is 1.48. The topological polar surface area (TPSA) is 92.1 Å². The molecular weight excluding hydrogens is 482 g/mol. The lowest BCUT2D eigenvalue weighted by molar-refractivity contribution is -0.119. The lowest BCUT2D eigenvalue weighted by Crippen LogP contribution is -2.26. The Kier molecular flexibility index (Phi) is 6.80. The summed E-state index contributed by atoms with van der Waals surface area (Å²) < 4.78 is 5.55. The average molecular weight is 516 g/mol. The van der Waals surface area contributed by atoms with E-state index in [1.54, 1.807) is 0 Å².